The molecule has 0 spiro atoms. The molecule has 0 saturated carbocycles. The van der Waals surface area contributed by atoms with E-state index in [0.29, 0.717) is 25.1 Å². The zero-order valence-corrected chi connectivity index (χ0v) is 17.4. The third kappa shape index (κ3) is 7.23. The van der Waals surface area contributed by atoms with Crippen molar-refractivity contribution in [2.75, 3.05) is 18.4 Å². The van der Waals surface area contributed by atoms with Crippen molar-refractivity contribution in [1.29, 1.82) is 0 Å². The summed E-state index contributed by atoms with van der Waals surface area (Å²) in [6.07, 6.45) is 2.55. The smallest absolute Gasteiger partial charge is 0.305 e. The second-order valence-corrected chi connectivity index (χ2v) is 8.32. The number of ether oxygens (including phenoxy) is 1. The van der Waals surface area contributed by atoms with E-state index in [4.69, 9.17) is 0 Å². The summed E-state index contributed by atoms with van der Waals surface area (Å²) < 4.78 is 32.3. The first-order valence-corrected chi connectivity index (χ1v) is 10.8. The van der Waals surface area contributed by atoms with Crippen molar-refractivity contribution in [3.63, 3.8) is 0 Å². The summed E-state index contributed by atoms with van der Waals surface area (Å²) in [6.45, 7) is 2.36. The molecule has 0 radical (unpaired) electrons. The summed E-state index contributed by atoms with van der Waals surface area (Å²) in [5.74, 6) is -0.586. The fourth-order valence-electron chi connectivity index (χ4n) is 2.62. The summed E-state index contributed by atoms with van der Waals surface area (Å²) >= 11 is 0. The van der Waals surface area contributed by atoms with Gasteiger partial charge in [-0.25, -0.2) is 8.42 Å². The van der Waals surface area contributed by atoms with Crippen molar-refractivity contribution in [3.8, 4) is 0 Å². The molecule has 7 nitrogen and oxygen atoms in total. The molecule has 2 rings (SSSR count). The van der Waals surface area contributed by atoms with Crippen LogP contribution in [-0.4, -0.2) is 33.9 Å². The van der Waals surface area contributed by atoms with Gasteiger partial charge in [0, 0.05) is 24.2 Å². The van der Waals surface area contributed by atoms with Crippen LogP contribution in [0, 0.1) is 6.92 Å². The number of hydrogen-bond acceptors (Lipinski definition) is 5. The molecular weight excluding hydrogens is 392 g/mol. The van der Waals surface area contributed by atoms with Gasteiger partial charge in [-0.2, -0.15) is 0 Å². The van der Waals surface area contributed by atoms with Gasteiger partial charge in [0.1, 0.15) is 0 Å². The Morgan fingerprint density at radius 1 is 1.00 bits per heavy atom. The number of unbranched alkanes of at least 4 members (excludes halogenated alkanes) is 2. The lowest BCUT2D eigenvalue weighted by molar-refractivity contribution is -0.140. The molecule has 1 amide bonds. The van der Waals surface area contributed by atoms with E-state index < -0.39 is 10.0 Å². The second kappa shape index (κ2) is 10.6. The molecule has 0 bridgehead atoms. The molecule has 0 aliphatic rings. The van der Waals surface area contributed by atoms with Gasteiger partial charge in [0.2, 0.25) is 0 Å². The number of benzene rings is 2. The molecule has 0 atom stereocenters. The molecule has 156 valence electrons. The largest absolute Gasteiger partial charge is 0.469 e. The number of aryl methyl sites for hydroxylation is 1. The molecule has 0 saturated heterocycles. The third-order valence-electron chi connectivity index (χ3n) is 4.28. The average Bonchev–Trinajstić information content (AvgIpc) is 2.71. The number of carbonyl (C=O) groups excluding carboxylic acids is 2. The predicted octanol–water partition coefficient (Wildman–Crippen LogP) is 3.26. The number of sulfonamides is 1. The van der Waals surface area contributed by atoms with Crippen LogP contribution in [0.15, 0.2) is 53.4 Å². The minimum Gasteiger partial charge on any atom is -0.469 e. The van der Waals surface area contributed by atoms with Crippen molar-refractivity contribution in [2.24, 2.45) is 0 Å². The van der Waals surface area contributed by atoms with Gasteiger partial charge < -0.3 is 10.1 Å². The number of amides is 1. The number of carbonyl (C=O) groups is 2. The molecular formula is C21H26N2O5S. The van der Waals surface area contributed by atoms with Crippen LogP contribution < -0.4 is 10.0 Å². The number of hydrogen-bond donors (Lipinski definition) is 2. The summed E-state index contributed by atoms with van der Waals surface area (Å²) in [4.78, 5) is 23.4. The SMILES string of the molecule is COC(=O)CCCCCNC(=O)c1cccc(S(=O)(=O)Nc2ccc(C)cc2)c1. The Hall–Kier alpha value is -2.87. The van der Waals surface area contributed by atoms with E-state index >= 15 is 0 Å². The zero-order valence-electron chi connectivity index (χ0n) is 16.6. The van der Waals surface area contributed by atoms with Crippen LogP contribution in [0.3, 0.4) is 0 Å². The van der Waals surface area contributed by atoms with E-state index in [1.54, 1.807) is 18.2 Å². The van der Waals surface area contributed by atoms with Crippen molar-refractivity contribution in [2.45, 2.75) is 37.5 Å². The summed E-state index contributed by atoms with van der Waals surface area (Å²) in [6, 6.07) is 12.9. The van der Waals surface area contributed by atoms with E-state index in [-0.39, 0.29) is 22.3 Å². The predicted molar refractivity (Wildman–Crippen MR) is 111 cm³/mol. The number of esters is 1. The molecule has 8 heteroatoms. The first-order chi connectivity index (χ1) is 13.8. The number of anilines is 1. The molecule has 0 heterocycles. The molecule has 0 fully saturated rings. The minimum atomic E-state index is -3.80. The highest BCUT2D eigenvalue weighted by atomic mass is 32.2. The monoisotopic (exact) mass is 418 g/mol. The summed E-state index contributed by atoms with van der Waals surface area (Å²) in [5.41, 5.74) is 1.75. The lowest BCUT2D eigenvalue weighted by Crippen LogP contribution is -2.25. The molecule has 0 aliphatic heterocycles. The van der Waals surface area contributed by atoms with Gasteiger partial charge >= 0.3 is 5.97 Å². The van der Waals surface area contributed by atoms with Crippen molar-refractivity contribution in [1.82, 2.24) is 5.32 Å². The Morgan fingerprint density at radius 3 is 2.41 bits per heavy atom. The standard InChI is InChI=1S/C21H26N2O5S/c1-16-10-12-18(13-11-16)23-29(26,27)19-8-6-7-17(15-19)21(25)22-14-5-3-4-9-20(24)28-2/h6-8,10-13,15,23H,3-5,9,14H2,1-2H3,(H,22,25). The Morgan fingerprint density at radius 2 is 1.72 bits per heavy atom. The van der Waals surface area contributed by atoms with E-state index in [0.717, 1.165) is 18.4 Å². The highest BCUT2D eigenvalue weighted by molar-refractivity contribution is 7.92. The van der Waals surface area contributed by atoms with E-state index in [2.05, 4.69) is 14.8 Å². The fraction of sp³-hybridized carbons (Fsp3) is 0.333. The van der Waals surface area contributed by atoms with Gasteiger partial charge in [0.25, 0.3) is 15.9 Å². The third-order valence-corrected chi connectivity index (χ3v) is 5.66. The van der Waals surface area contributed by atoms with Crippen LogP contribution in [0.2, 0.25) is 0 Å². The molecule has 0 aromatic heterocycles. The first-order valence-electron chi connectivity index (χ1n) is 9.36. The van der Waals surface area contributed by atoms with Crippen LogP contribution in [-0.2, 0) is 19.6 Å². The van der Waals surface area contributed by atoms with Gasteiger partial charge in [0.05, 0.1) is 12.0 Å². The molecule has 2 N–H and O–H groups in total. The Bertz CT molecular complexity index is 940. The summed E-state index contributed by atoms with van der Waals surface area (Å²) in [7, 11) is -2.44. The van der Waals surface area contributed by atoms with E-state index in [9.17, 15) is 18.0 Å². The molecule has 0 unspecified atom stereocenters. The maximum absolute atomic E-state index is 12.6. The van der Waals surface area contributed by atoms with Gasteiger partial charge in [-0.3, -0.25) is 14.3 Å². The molecule has 2 aromatic carbocycles. The van der Waals surface area contributed by atoms with Gasteiger partial charge in [-0.1, -0.05) is 30.2 Å². The highest BCUT2D eigenvalue weighted by Gasteiger charge is 2.16. The van der Waals surface area contributed by atoms with Gasteiger partial charge in [-0.15, -0.1) is 0 Å². The quantitative estimate of drug-likeness (QED) is 0.455. The normalized spacial score (nSPS) is 11.0. The number of nitrogens with one attached hydrogen (secondary N) is 2. The fourth-order valence-corrected chi connectivity index (χ4v) is 3.72. The van der Waals surface area contributed by atoms with Crippen LogP contribution in [0.1, 0.15) is 41.6 Å². The Labute approximate surface area is 171 Å². The Balaban J connectivity index is 1.91. The number of rotatable bonds is 10. The second-order valence-electron chi connectivity index (χ2n) is 6.64. The van der Waals surface area contributed by atoms with Crippen LogP contribution in [0.4, 0.5) is 5.69 Å². The van der Waals surface area contributed by atoms with Gasteiger partial charge in [0.15, 0.2) is 0 Å². The minimum absolute atomic E-state index is 0.0174. The Kier molecular flexibility index (Phi) is 8.21. The average molecular weight is 419 g/mol. The summed E-state index contributed by atoms with van der Waals surface area (Å²) in [5, 5.41) is 2.77. The maximum atomic E-state index is 12.6. The van der Waals surface area contributed by atoms with Crippen molar-refractivity contribution < 1.29 is 22.7 Å². The van der Waals surface area contributed by atoms with E-state index in [1.807, 2.05) is 19.1 Å². The molecule has 2 aromatic rings. The van der Waals surface area contributed by atoms with Gasteiger partial charge in [-0.05, 0) is 50.1 Å². The lowest BCUT2D eigenvalue weighted by atomic mass is 10.2. The zero-order chi connectivity index (χ0) is 21.3. The first kappa shape index (κ1) is 22.4. The topological polar surface area (TPSA) is 102 Å². The van der Waals surface area contributed by atoms with Crippen LogP contribution in [0.5, 0.6) is 0 Å². The van der Waals surface area contributed by atoms with Crippen molar-refractivity contribution in [3.05, 3.63) is 59.7 Å². The van der Waals surface area contributed by atoms with E-state index in [1.165, 1.54) is 25.3 Å². The lowest BCUT2D eigenvalue weighted by Gasteiger charge is -2.10. The highest BCUT2D eigenvalue weighted by Crippen LogP contribution is 2.17. The van der Waals surface area contributed by atoms with Crippen molar-refractivity contribution >= 4 is 27.6 Å². The van der Waals surface area contributed by atoms with Crippen LogP contribution >= 0.6 is 0 Å². The van der Waals surface area contributed by atoms with Crippen LogP contribution in [0.25, 0.3) is 0 Å². The molecule has 0 aliphatic carbocycles. The molecule has 29 heavy (non-hydrogen) atoms. The number of methoxy groups -OCH3 is 1. The maximum Gasteiger partial charge on any atom is 0.305 e.